The number of carboxylic acid groups (broad SMARTS) is 1. The summed E-state index contributed by atoms with van der Waals surface area (Å²) in [5.74, 6) is -2.04. The second-order valence-corrected chi connectivity index (χ2v) is 6.82. The summed E-state index contributed by atoms with van der Waals surface area (Å²) in [5, 5.41) is 11.5. The Balaban J connectivity index is 2.65. The van der Waals surface area contributed by atoms with E-state index in [0.717, 1.165) is 22.9 Å². The maximum Gasteiger partial charge on any atom is 0.312 e. The van der Waals surface area contributed by atoms with Crippen molar-refractivity contribution in [2.45, 2.75) is 24.7 Å². The molecule has 0 amide bonds. The monoisotopic (exact) mass is 360 g/mol. The molecule has 0 saturated heterocycles. The third-order valence-electron chi connectivity index (χ3n) is 3.33. The van der Waals surface area contributed by atoms with Crippen LogP contribution in [0.15, 0.2) is 27.9 Å². The molecule has 0 saturated carbocycles. The number of aryl methyl sites for hydroxylation is 1. The van der Waals surface area contributed by atoms with Gasteiger partial charge in [-0.3, -0.25) is 19.2 Å². The van der Waals surface area contributed by atoms with E-state index in [1.165, 1.54) is 13.8 Å². The van der Waals surface area contributed by atoms with Gasteiger partial charge in [-0.2, -0.15) is 8.42 Å². The van der Waals surface area contributed by atoms with Crippen LogP contribution in [0.25, 0.3) is 5.69 Å². The van der Waals surface area contributed by atoms with Crippen molar-refractivity contribution in [3.63, 3.8) is 0 Å². The van der Waals surface area contributed by atoms with Gasteiger partial charge in [0.05, 0.1) is 27.2 Å². The van der Waals surface area contributed by atoms with Gasteiger partial charge in [-0.05, 0) is 31.5 Å². The van der Waals surface area contributed by atoms with E-state index in [0.29, 0.717) is 5.56 Å². The Morgan fingerprint density at radius 3 is 2.43 bits per heavy atom. The highest BCUT2D eigenvalue weighted by Crippen LogP contribution is 2.27. The third-order valence-corrected chi connectivity index (χ3v) is 4.45. The van der Waals surface area contributed by atoms with E-state index in [1.807, 2.05) is 0 Å². The SMILES string of the molecule is Cc1cc(S(=O)(=O)O)cc(Cl)c1-n1[nH]c(C(C)C(=O)O)cc1=O. The molecule has 1 heterocycles. The lowest BCUT2D eigenvalue weighted by molar-refractivity contribution is -0.138. The zero-order chi connectivity index (χ0) is 17.5. The predicted molar refractivity (Wildman–Crippen MR) is 82.0 cm³/mol. The van der Waals surface area contributed by atoms with Crippen LogP contribution in [-0.4, -0.2) is 33.8 Å². The molecule has 3 N–H and O–H groups in total. The van der Waals surface area contributed by atoms with E-state index in [4.69, 9.17) is 21.3 Å². The number of hydrogen-bond acceptors (Lipinski definition) is 4. The highest BCUT2D eigenvalue weighted by atomic mass is 35.5. The second-order valence-electron chi connectivity index (χ2n) is 4.99. The molecule has 0 aliphatic rings. The number of benzene rings is 1. The van der Waals surface area contributed by atoms with Crippen molar-refractivity contribution in [2.24, 2.45) is 0 Å². The number of hydrogen-bond donors (Lipinski definition) is 3. The third kappa shape index (κ3) is 3.31. The molecule has 124 valence electrons. The molecule has 0 aliphatic heterocycles. The lowest BCUT2D eigenvalue weighted by atomic mass is 10.1. The molecule has 0 fully saturated rings. The van der Waals surface area contributed by atoms with E-state index >= 15 is 0 Å². The maximum absolute atomic E-state index is 12.1. The summed E-state index contributed by atoms with van der Waals surface area (Å²) in [6.45, 7) is 2.91. The second kappa shape index (κ2) is 5.84. The van der Waals surface area contributed by atoms with Crippen LogP contribution in [0.4, 0.5) is 0 Å². The molecule has 0 spiro atoms. The molecular formula is C13H13ClN2O6S. The fraction of sp³-hybridized carbons (Fsp3) is 0.231. The molecule has 1 atom stereocenters. The fourth-order valence-corrected chi connectivity index (χ4v) is 3.08. The van der Waals surface area contributed by atoms with E-state index in [9.17, 15) is 18.0 Å². The van der Waals surface area contributed by atoms with Crippen LogP contribution in [0, 0.1) is 6.92 Å². The largest absolute Gasteiger partial charge is 0.481 e. The van der Waals surface area contributed by atoms with Gasteiger partial charge in [0, 0.05) is 6.07 Å². The Morgan fingerprint density at radius 2 is 1.96 bits per heavy atom. The molecular weight excluding hydrogens is 348 g/mol. The van der Waals surface area contributed by atoms with E-state index in [-0.39, 0.29) is 16.4 Å². The van der Waals surface area contributed by atoms with Crippen molar-refractivity contribution < 1.29 is 22.9 Å². The Bertz CT molecular complexity index is 921. The van der Waals surface area contributed by atoms with Crippen LogP contribution >= 0.6 is 11.6 Å². The minimum atomic E-state index is -4.44. The topological polar surface area (TPSA) is 129 Å². The smallest absolute Gasteiger partial charge is 0.312 e. The number of aromatic nitrogens is 2. The quantitative estimate of drug-likeness (QED) is 0.709. The first-order valence-electron chi connectivity index (χ1n) is 6.35. The fourth-order valence-electron chi connectivity index (χ4n) is 2.07. The highest BCUT2D eigenvalue weighted by molar-refractivity contribution is 7.85. The summed E-state index contributed by atoms with van der Waals surface area (Å²) < 4.78 is 32.4. The average Bonchev–Trinajstić information content (AvgIpc) is 2.78. The number of carbonyl (C=O) groups is 1. The maximum atomic E-state index is 12.1. The first-order chi connectivity index (χ1) is 10.5. The van der Waals surface area contributed by atoms with Crippen LogP contribution < -0.4 is 5.56 Å². The summed E-state index contributed by atoms with van der Waals surface area (Å²) in [5.41, 5.74) is 0.117. The van der Waals surface area contributed by atoms with Gasteiger partial charge in [0.2, 0.25) is 0 Å². The summed E-state index contributed by atoms with van der Waals surface area (Å²) >= 11 is 6.03. The first-order valence-corrected chi connectivity index (χ1v) is 8.17. The molecule has 0 aliphatic carbocycles. The number of halogens is 1. The van der Waals surface area contributed by atoms with Gasteiger partial charge in [-0.25, -0.2) is 4.68 Å². The standard InChI is InChI=1S/C13H13ClN2O6S/c1-6-3-8(23(20,21)22)4-9(14)12(6)16-11(17)5-10(15-16)7(2)13(18)19/h3-5,7,15H,1-2H3,(H,18,19)(H,20,21,22). The van der Waals surface area contributed by atoms with Crippen molar-refractivity contribution in [1.82, 2.24) is 9.78 Å². The van der Waals surface area contributed by atoms with Gasteiger partial charge in [-0.1, -0.05) is 11.6 Å². The molecule has 23 heavy (non-hydrogen) atoms. The number of aromatic amines is 1. The van der Waals surface area contributed by atoms with Gasteiger partial charge < -0.3 is 5.11 Å². The molecule has 1 aromatic carbocycles. The van der Waals surface area contributed by atoms with Crippen molar-refractivity contribution in [3.8, 4) is 5.69 Å². The summed E-state index contributed by atoms with van der Waals surface area (Å²) in [7, 11) is -4.44. The Hall–Kier alpha value is -2.10. The van der Waals surface area contributed by atoms with Crippen LogP contribution in [-0.2, 0) is 14.9 Å². The van der Waals surface area contributed by atoms with Gasteiger partial charge in [-0.15, -0.1) is 0 Å². The lowest BCUT2D eigenvalue weighted by Gasteiger charge is -2.11. The predicted octanol–water partition coefficient (Wildman–Crippen LogP) is 1.56. The molecule has 1 aromatic heterocycles. The number of aliphatic carboxylic acids is 1. The molecule has 1 unspecified atom stereocenters. The molecule has 8 nitrogen and oxygen atoms in total. The van der Waals surface area contributed by atoms with Crippen molar-refractivity contribution in [2.75, 3.05) is 0 Å². The highest BCUT2D eigenvalue weighted by Gasteiger charge is 2.21. The normalized spacial score (nSPS) is 13.0. The lowest BCUT2D eigenvalue weighted by Crippen LogP contribution is -2.16. The molecule has 0 bridgehead atoms. The zero-order valence-corrected chi connectivity index (χ0v) is 13.6. The van der Waals surface area contributed by atoms with Crippen LogP contribution in [0.5, 0.6) is 0 Å². The number of nitrogens with zero attached hydrogens (tertiary/aromatic N) is 1. The van der Waals surface area contributed by atoms with E-state index in [1.54, 1.807) is 0 Å². The van der Waals surface area contributed by atoms with Gasteiger partial charge in [0.25, 0.3) is 15.7 Å². The molecule has 10 heteroatoms. The van der Waals surface area contributed by atoms with Gasteiger partial charge in [0.15, 0.2) is 0 Å². The van der Waals surface area contributed by atoms with Crippen LogP contribution in [0.3, 0.4) is 0 Å². The zero-order valence-electron chi connectivity index (χ0n) is 12.1. The molecule has 0 radical (unpaired) electrons. The van der Waals surface area contributed by atoms with Crippen molar-refractivity contribution in [3.05, 3.63) is 44.8 Å². The minimum Gasteiger partial charge on any atom is -0.481 e. The molecule has 2 aromatic rings. The summed E-state index contributed by atoms with van der Waals surface area (Å²) in [4.78, 5) is 22.7. The Labute approximate surface area is 136 Å². The van der Waals surface area contributed by atoms with Crippen LogP contribution in [0.1, 0.15) is 24.1 Å². The van der Waals surface area contributed by atoms with Crippen molar-refractivity contribution in [1.29, 1.82) is 0 Å². The number of nitrogens with one attached hydrogen (secondary N) is 1. The summed E-state index contributed by atoms with van der Waals surface area (Å²) in [6.07, 6.45) is 0. The van der Waals surface area contributed by atoms with Gasteiger partial charge >= 0.3 is 5.97 Å². The van der Waals surface area contributed by atoms with Crippen LogP contribution in [0.2, 0.25) is 5.02 Å². The van der Waals surface area contributed by atoms with E-state index in [2.05, 4.69) is 5.10 Å². The first kappa shape index (κ1) is 17.3. The van der Waals surface area contributed by atoms with Gasteiger partial charge in [0.1, 0.15) is 0 Å². The summed E-state index contributed by atoms with van der Waals surface area (Å²) in [6, 6.07) is 3.29. The molecule has 2 rings (SSSR count). The number of H-pyrrole nitrogens is 1. The Kier molecular flexibility index (Phi) is 4.38. The number of carboxylic acids is 1. The minimum absolute atomic E-state index is 0.0869. The van der Waals surface area contributed by atoms with Crippen molar-refractivity contribution >= 4 is 27.7 Å². The Morgan fingerprint density at radius 1 is 1.35 bits per heavy atom. The van der Waals surface area contributed by atoms with E-state index < -0.39 is 32.5 Å². The average molecular weight is 361 g/mol. The number of rotatable bonds is 4.